The van der Waals surface area contributed by atoms with Gasteiger partial charge in [0.05, 0.1) is 13.2 Å². The fourth-order valence-electron chi connectivity index (χ4n) is 1.47. The summed E-state index contributed by atoms with van der Waals surface area (Å²) in [5, 5.41) is 3.06. The standard InChI is InChI=1S/C14H26N2O4S/c1-5-14(2,3)11-16-21(17,18)13-7-6-12(20-13)10-15-8-9-19-4/h6-7,15-16H,5,8-11H2,1-4H3. The smallest absolute Gasteiger partial charge is 0.273 e. The molecule has 122 valence electrons. The van der Waals surface area contributed by atoms with Crippen LogP contribution in [0.15, 0.2) is 21.6 Å². The molecule has 21 heavy (non-hydrogen) atoms. The molecule has 0 aromatic carbocycles. The molecule has 1 aromatic heterocycles. The highest BCUT2D eigenvalue weighted by atomic mass is 32.2. The number of methoxy groups -OCH3 is 1. The lowest BCUT2D eigenvalue weighted by atomic mass is 9.91. The number of sulfonamides is 1. The highest BCUT2D eigenvalue weighted by Gasteiger charge is 2.23. The Labute approximate surface area is 127 Å². The van der Waals surface area contributed by atoms with Gasteiger partial charge in [-0.25, -0.2) is 13.1 Å². The first kappa shape index (κ1) is 18.2. The predicted octanol–water partition coefficient (Wildman–Crippen LogP) is 1.73. The monoisotopic (exact) mass is 318 g/mol. The van der Waals surface area contributed by atoms with Gasteiger partial charge >= 0.3 is 0 Å². The Hall–Kier alpha value is -0.890. The van der Waals surface area contributed by atoms with E-state index in [1.54, 1.807) is 13.2 Å². The van der Waals surface area contributed by atoms with E-state index in [-0.39, 0.29) is 10.5 Å². The molecule has 0 saturated heterocycles. The van der Waals surface area contributed by atoms with E-state index in [1.165, 1.54) is 6.07 Å². The van der Waals surface area contributed by atoms with Crippen LogP contribution < -0.4 is 10.0 Å². The number of nitrogens with one attached hydrogen (secondary N) is 2. The molecule has 1 rings (SSSR count). The summed E-state index contributed by atoms with van der Waals surface area (Å²) in [7, 11) is -1.96. The molecule has 0 aliphatic heterocycles. The van der Waals surface area contributed by atoms with Crippen molar-refractivity contribution in [1.82, 2.24) is 10.0 Å². The fourth-order valence-corrected chi connectivity index (χ4v) is 2.66. The number of hydrogen-bond donors (Lipinski definition) is 2. The Morgan fingerprint density at radius 1 is 1.33 bits per heavy atom. The van der Waals surface area contributed by atoms with Gasteiger partial charge in [-0.3, -0.25) is 0 Å². The molecule has 0 spiro atoms. The van der Waals surface area contributed by atoms with Crippen LogP contribution in [0, 0.1) is 5.41 Å². The van der Waals surface area contributed by atoms with Gasteiger partial charge in [0.1, 0.15) is 5.76 Å². The Morgan fingerprint density at radius 2 is 2.05 bits per heavy atom. The van der Waals surface area contributed by atoms with E-state index < -0.39 is 10.0 Å². The van der Waals surface area contributed by atoms with E-state index in [9.17, 15) is 8.42 Å². The molecular weight excluding hydrogens is 292 g/mol. The van der Waals surface area contributed by atoms with Crippen LogP contribution in [0.4, 0.5) is 0 Å². The minimum atomic E-state index is -3.59. The summed E-state index contributed by atoms with van der Waals surface area (Å²) in [6, 6.07) is 3.15. The number of furan rings is 1. The molecule has 1 aromatic rings. The Kier molecular flexibility index (Phi) is 6.86. The summed E-state index contributed by atoms with van der Waals surface area (Å²) in [5.41, 5.74) is -0.0792. The lowest BCUT2D eigenvalue weighted by Crippen LogP contribution is -2.33. The zero-order valence-corrected chi connectivity index (χ0v) is 14.0. The molecular formula is C14H26N2O4S. The van der Waals surface area contributed by atoms with Crippen LogP contribution in [0.1, 0.15) is 33.0 Å². The Bertz CT molecular complexity index is 523. The first-order valence-corrected chi connectivity index (χ1v) is 8.57. The molecule has 6 nitrogen and oxygen atoms in total. The van der Waals surface area contributed by atoms with Crippen molar-refractivity contribution >= 4 is 10.0 Å². The maximum Gasteiger partial charge on any atom is 0.273 e. The first-order valence-electron chi connectivity index (χ1n) is 7.09. The molecule has 1 heterocycles. The minimum absolute atomic E-state index is 0.0436. The average molecular weight is 318 g/mol. The topological polar surface area (TPSA) is 80.6 Å². The van der Waals surface area contributed by atoms with Gasteiger partial charge in [0.25, 0.3) is 10.0 Å². The summed E-state index contributed by atoms with van der Waals surface area (Å²) >= 11 is 0. The van der Waals surface area contributed by atoms with Crippen LogP contribution >= 0.6 is 0 Å². The Balaban J connectivity index is 2.58. The summed E-state index contributed by atoms with van der Waals surface area (Å²) in [6.45, 7) is 8.20. The quantitative estimate of drug-likeness (QED) is 0.642. The lowest BCUT2D eigenvalue weighted by Gasteiger charge is -2.22. The van der Waals surface area contributed by atoms with Gasteiger partial charge in [0.15, 0.2) is 0 Å². The molecule has 0 aliphatic carbocycles. The molecule has 0 bridgehead atoms. The third-order valence-corrected chi connectivity index (χ3v) is 4.66. The van der Waals surface area contributed by atoms with E-state index >= 15 is 0 Å². The molecule has 0 saturated carbocycles. The second kappa shape index (κ2) is 7.93. The van der Waals surface area contributed by atoms with Gasteiger partial charge in [0.2, 0.25) is 5.09 Å². The van der Waals surface area contributed by atoms with Gasteiger partial charge < -0.3 is 14.5 Å². The van der Waals surface area contributed by atoms with Crippen LogP contribution in [-0.2, 0) is 21.3 Å². The zero-order chi connectivity index (χ0) is 15.9. The minimum Gasteiger partial charge on any atom is -0.447 e. The number of hydrogen-bond acceptors (Lipinski definition) is 5. The zero-order valence-electron chi connectivity index (χ0n) is 13.2. The van der Waals surface area contributed by atoms with Crippen LogP contribution in [0.3, 0.4) is 0 Å². The lowest BCUT2D eigenvalue weighted by molar-refractivity contribution is 0.198. The van der Waals surface area contributed by atoms with Gasteiger partial charge in [-0.15, -0.1) is 0 Å². The summed E-state index contributed by atoms with van der Waals surface area (Å²) in [6.07, 6.45) is 0.891. The van der Waals surface area contributed by atoms with Gasteiger partial charge in [-0.1, -0.05) is 20.8 Å². The van der Waals surface area contributed by atoms with Crippen LogP contribution in [0.5, 0.6) is 0 Å². The third-order valence-electron chi connectivity index (χ3n) is 3.38. The second-order valence-electron chi connectivity index (χ2n) is 5.73. The van der Waals surface area contributed by atoms with Gasteiger partial charge in [-0.05, 0) is 24.0 Å². The van der Waals surface area contributed by atoms with Crippen molar-refractivity contribution in [2.24, 2.45) is 5.41 Å². The average Bonchev–Trinajstić information content (AvgIpc) is 2.91. The van der Waals surface area contributed by atoms with Crippen molar-refractivity contribution in [2.75, 3.05) is 26.8 Å². The predicted molar refractivity (Wildman–Crippen MR) is 81.6 cm³/mol. The maximum absolute atomic E-state index is 12.1. The SMILES string of the molecule is CCC(C)(C)CNS(=O)(=O)c1ccc(CNCCOC)o1. The molecule has 0 aliphatic rings. The van der Waals surface area contributed by atoms with Gasteiger partial charge in [0, 0.05) is 20.2 Å². The first-order chi connectivity index (χ1) is 9.80. The molecule has 0 fully saturated rings. The number of ether oxygens (including phenoxy) is 1. The Morgan fingerprint density at radius 3 is 2.67 bits per heavy atom. The normalized spacial score (nSPS) is 12.8. The van der Waals surface area contributed by atoms with Crippen LogP contribution in [-0.4, -0.2) is 35.2 Å². The van der Waals surface area contributed by atoms with E-state index in [2.05, 4.69) is 10.0 Å². The third kappa shape index (κ3) is 6.17. The van der Waals surface area contributed by atoms with Crippen molar-refractivity contribution in [3.05, 3.63) is 17.9 Å². The molecule has 0 unspecified atom stereocenters. The van der Waals surface area contributed by atoms with E-state index in [0.29, 0.717) is 32.0 Å². The van der Waals surface area contributed by atoms with E-state index in [1.807, 2.05) is 20.8 Å². The summed E-state index contributed by atoms with van der Waals surface area (Å²) < 4.78 is 37.2. The fraction of sp³-hybridized carbons (Fsp3) is 0.714. The van der Waals surface area contributed by atoms with Crippen molar-refractivity contribution in [2.45, 2.75) is 38.8 Å². The largest absolute Gasteiger partial charge is 0.447 e. The molecule has 2 N–H and O–H groups in total. The van der Waals surface area contributed by atoms with Crippen molar-refractivity contribution in [3.8, 4) is 0 Å². The van der Waals surface area contributed by atoms with Crippen molar-refractivity contribution in [1.29, 1.82) is 0 Å². The second-order valence-corrected chi connectivity index (χ2v) is 7.43. The summed E-state index contributed by atoms with van der Waals surface area (Å²) in [5.74, 6) is 0.584. The molecule has 0 atom stereocenters. The maximum atomic E-state index is 12.1. The molecule has 7 heteroatoms. The highest BCUT2D eigenvalue weighted by Crippen LogP contribution is 2.20. The van der Waals surface area contributed by atoms with Crippen LogP contribution in [0.25, 0.3) is 0 Å². The number of rotatable bonds is 10. The van der Waals surface area contributed by atoms with Crippen molar-refractivity contribution < 1.29 is 17.6 Å². The van der Waals surface area contributed by atoms with Crippen LogP contribution in [0.2, 0.25) is 0 Å². The molecule has 0 radical (unpaired) electrons. The van der Waals surface area contributed by atoms with Crippen molar-refractivity contribution in [3.63, 3.8) is 0 Å². The van der Waals surface area contributed by atoms with Gasteiger partial charge in [-0.2, -0.15) is 0 Å². The summed E-state index contributed by atoms with van der Waals surface area (Å²) in [4.78, 5) is 0. The van der Waals surface area contributed by atoms with E-state index in [0.717, 1.165) is 6.42 Å². The molecule has 0 amide bonds. The highest BCUT2D eigenvalue weighted by molar-refractivity contribution is 7.89. The van der Waals surface area contributed by atoms with E-state index in [4.69, 9.17) is 9.15 Å².